The van der Waals surface area contributed by atoms with Gasteiger partial charge >= 0.3 is 0 Å². The fourth-order valence-electron chi connectivity index (χ4n) is 2.35. The van der Waals surface area contributed by atoms with Gasteiger partial charge in [-0.15, -0.1) is 0 Å². The Morgan fingerprint density at radius 3 is 2.41 bits per heavy atom. The Hall–Kier alpha value is -2.47. The Bertz CT molecular complexity index is 789. The normalized spacial score (nSPS) is 11.0. The molecule has 2 aromatic rings. The van der Waals surface area contributed by atoms with Crippen molar-refractivity contribution in [2.45, 2.75) is 32.9 Å². The molecule has 0 fully saturated rings. The van der Waals surface area contributed by atoms with Gasteiger partial charge in [0.05, 0.1) is 7.11 Å². The van der Waals surface area contributed by atoms with Crippen molar-refractivity contribution >= 4 is 23.2 Å². The number of ether oxygens (including phenoxy) is 2. The van der Waals surface area contributed by atoms with Gasteiger partial charge in [-0.1, -0.05) is 11.6 Å². The summed E-state index contributed by atoms with van der Waals surface area (Å²) in [5.41, 5.74) is 1.22. The van der Waals surface area contributed by atoms with Gasteiger partial charge in [-0.25, -0.2) is 4.39 Å². The summed E-state index contributed by atoms with van der Waals surface area (Å²) in [7, 11) is 1.52. The van der Waals surface area contributed by atoms with Crippen LogP contribution < -0.4 is 20.1 Å². The van der Waals surface area contributed by atoms with E-state index in [1.165, 1.54) is 19.2 Å². The van der Waals surface area contributed by atoms with E-state index in [1.54, 1.807) is 24.3 Å². The van der Waals surface area contributed by atoms with Crippen LogP contribution in [0.5, 0.6) is 11.5 Å². The molecular formula is C20H24ClFN2O3. The van der Waals surface area contributed by atoms with Gasteiger partial charge in [0.25, 0.3) is 5.91 Å². The Morgan fingerprint density at radius 2 is 1.81 bits per heavy atom. The van der Waals surface area contributed by atoms with Crippen molar-refractivity contribution in [3.8, 4) is 11.5 Å². The lowest BCUT2D eigenvalue weighted by atomic mass is 10.1. The molecule has 5 nitrogen and oxygen atoms in total. The van der Waals surface area contributed by atoms with E-state index in [0.717, 1.165) is 11.3 Å². The summed E-state index contributed by atoms with van der Waals surface area (Å²) >= 11 is 6.34. The van der Waals surface area contributed by atoms with Crippen LogP contribution in [-0.2, 0) is 11.3 Å². The van der Waals surface area contributed by atoms with Crippen molar-refractivity contribution in [2.75, 3.05) is 19.0 Å². The molecule has 0 bridgehead atoms. The van der Waals surface area contributed by atoms with E-state index >= 15 is 0 Å². The summed E-state index contributed by atoms with van der Waals surface area (Å²) in [6.45, 7) is 5.96. The second kappa shape index (κ2) is 8.95. The maximum Gasteiger partial charge on any atom is 0.258 e. The Morgan fingerprint density at radius 1 is 1.15 bits per heavy atom. The third-order valence-electron chi connectivity index (χ3n) is 3.53. The monoisotopic (exact) mass is 394 g/mol. The van der Waals surface area contributed by atoms with Crippen LogP contribution in [0, 0.1) is 5.82 Å². The predicted octanol–water partition coefficient (Wildman–Crippen LogP) is 4.39. The first kappa shape index (κ1) is 20.8. The molecule has 0 heterocycles. The van der Waals surface area contributed by atoms with E-state index in [9.17, 15) is 9.18 Å². The highest BCUT2D eigenvalue weighted by Crippen LogP contribution is 2.33. The third-order valence-corrected chi connectivity index (χ3v) is 3.88. The second-order valence-electron chi connectivity index (χ2n) is 7.04. The predicted molar refractivity (Wildman–Crippen MR) is 105 cm³/mol. The molecule has 2 aromatic carbocycles. The third kappa shape index (κ3) is 6.64. The lowest BCUT2D eigenvalue weighted by molar-refractivity contribution is -0.124. The molecule has 0 spiro atoms. The molecule has 0 atom stereocenters. The number of carbonyl (C=O) groups is 1. The summed E-state index contributed by atoms with van der Waals surface area (Å²) < 4.78 is 23.9. The Kier molecular flexibility index (Phi) is 6.91. The van der Waals surface area contributed by atoms with Crippen molar-refractivity contribution in [3.05, 3.63) is 52.8 Å². The smallest absolute Gasteiger partial charge is 0.258 e. The first-order valence-corrected chi connectivity index (χ1v) is 8.85. The van der Waals surface area contributed by atoms with Crippen LogP contribution in [-0.4, -0.2) is 25.2 Å². The Labute approximate surface area is 163 Å². The number of amides is 1. The van der Waals surface area contributed by atoms with Gasteiger partial charge in [0.1, 0.15) is 5.82 Å². The highest BCUT2D eigenvalue weighted by atomic mass is 35.5. The van der Waals surface area contributed by atoms with E-state index in [1.807, 2.05) is 20.8 Å². The molecule has 0 unspecified atom stereocenters. The Balaban J connectivity index is 2.05. The zero-order chi connectivity index (χ0) is 20.0. The molecular weight excluding hydrogens is 371 g/mol. The van der Waals surface area contributed by atoms with Crippen LogP contribution in [0.2, 0.25) is 5.02 Å². The maximum absolute atomic E-state index is 13.0. The lowest BCUT2D eigenvalue weighted by Gasteiger charge is -2.21. The van der Waals surface area contributed by atoms with Crippen LogP contribution >= 0.6 is 11.6 Å². The van der Waals surface area contributed by atoms with Crippen LogP contribution in [0.1, 0.15) is 26.3 Å². The minimum atomic E-state index is -0.335. The summed E-state index contributed by atoms with van der Waals surface area (Å²) in [4.78, 5) is 11.9. The first-order chi connectivity index (χ1) is 12.7. The van der Waals surface area contributed by atoms with E-state index < -0.39 is 0 Å². The van der Waals surface area contributed by atoms with Crippen LogP contribution in [0.15, 0.2) is 36.4 Å². The van der Waals surface area contributed by atoms with E-state index in [4.69, 9.17) is 21.1 Å². The molecule has 0 saturated carbocycles. The van der Waals surface area contributed by atoms with Crippen molar-refractivity contribution in [1.82, 2.24) is 5.32 Å². The number of halogens is 2. The zero-order valence-electron chi connectivity index (χ0n) is 15.9. The number of hydrogen-bond donors (Lipinski definition) is 2. The van der Waals surface area contributed by atoms with Gasteiger partial charge in [0.15, 0.2) is 18.1 Å². The molecule has 0 aliphatic heterocycles. The number of benzene rings is 2. The van der Waals surface area contributed by atoms with Gasteiger partial charge in [-0.05, 0) is 56.7 Å². The molecule has 0 radical (unpaired) electrons. The summed E-state index contributed by atoms with van der Waals surface area (Å²) in [5, 5.41) is 6.45. The molecule has 0 aromatic heterocycles. The molecule has 0 aliphatic rings. The topological polar surface area (TPSA) is 59.6 Å². The zero-order valence-corrected chi connectivity index (χ0v) is 16.6. The minimum Gasteiger partial charge on any atom is -0.493 e. The van der Waals surface area contributed by atoms with Crippen LogP contribution in [0.25, 0.3) is 0 Å². The molecule has 7 heteroatoms. The number of nitrogens with one attached hydrogen (secondary N) is 2. The standard InChI is InChI=1S/C20H24ClFN2O3/c1-20(2,3)24-19(25)12-27-18-10-16(21)13(9-17(18)26-4)11-23-15-7-5-14(22)6-8-15/h5-10,23H,11-12H2,1-4H3,(H,24,25). The molecule has 1 amide bonds. The summed E-state index contributed by atoms with van der Waals surface area (Å²) in [6, 6.07) is 9.41. The quantitative estimate of drug-likeness (QED) is 0.731. The molecule has 0 saturated heterocycles. The largest absolute Gasteiger partial charge is 0.493 e. The van der Waals surface area contributed by atoms with Gasteiger partial charge < -0.3 is 20.1 Å². The first-order valence-electron chi connectivity index (χ1n) is 8.47. The van der Waals surface area contributed by atoms with Gasteiger partial charge in [0.2, 0.25) is 0 Å². The highest BCUT2D eigenvalue weighted by molar-refractivity contribution is 6.31. The lowest BCUT2D eigenvalue weighted by Crippen LogP contribution is -2.43. The molecule has 0 aliphatic carbocycles. The van der Waals surface area contributed by atoms with Gasteiger partial charge in [-0.3, -0.25) is 4.79 Å². The van der Waals surface area contributed by atoms with E-state index in [2.05, 4.69) is 10.6 Å². The summed E-state index contributed by atoms with van der Waals surface area (Å²) in [6.07, 6.45) is 0. The van der Waals surface area contributed by atoms with Gasteiger partial charge in [-0.2, -0.15) is 0 Å². The number of rotatable bonds is 7. The average molecular weight is 395 g/mol. The fraction of sp³-hybridized carbons (Fsp3) is 0.350. The molecule has 146 valence electrons. The van der Waals surface area contributed by atoms with Crippen molar-refractivity contribution in [2.24, 2.45) is 0 Å². The van der Waals surface area contributed by atoms with Crippen molar-refractivity contribution in [1.29, 1.82) is 0 Å². The molecule has 27 heavy (non-hydrogen) atoms. The van der Waals surface area contributed by atoms with E-state index in [0.29, 0.717) is 23.1 Å². The molecule has 2 N–H and O–H groups in total. The fourth-order valence-corrected chi connectivity index (χ4v) is 2.57. The van der Waals surface area contributed by atoms with Crippen LogP contribution in [0.4, 0.5) is 10.1 Å². The average Bonchev–Trinajstić information content (AvgIpc) is 2.59. The van der Waals surface area contributed by atoms with Crippen LogP contribution in [0.3, 0.4) is 0 Å². The number of anilines is 1. The number of hydrogen-bond acceptors (Lipinski definition) is 4. The maximum atomic E-state index is 13.0. The van der Waals surface area contributed by atoms with Crippen molar-refractivity contribution in [3.63, 3.8) is 0 Å². The van der Waals surface area contributed by atoms with Gasteiger partial charge in [0, 0.05) is 28.9 Å². The molecule has 2 rings (SSSR count). The van der Waals surface area contributed by atoms with E-state index in [-0.39, 0.29) is 23.9 Å². The SMILES string of the molecule is COc1cc(CNc2ccc(F)cc2)c(Cl)cc1OCC(=O)NC(C)(C)C. The second-order valence-corrected chi connectivity index (χ2v) is 7.45. The van der Waals surface area contributed by atoms with Crippen molar-refractivity contribution < 1.29 is 18.7 Å². The summed E-state index contributed by atoms with van der Waals surface area (Å²) in [5.74, 6) is 0.330. The number of methoxy groups -OCH3 is 1. The minimum absolute atomic E-state index is 0.142. The highest BCUT2D eigenvalue weighted by Gasteiger charge is 2.16. The number of carbonyl (C=O) groups excluding carboxylic acids is 1.